The molecule has 1 amide bonds. The molecule has 6 heteroatoms. The van der Waals surface area contributed by atoms with Crippen LogP contribution in [0.15, 0.2) is 5.38 Å². The van der Waals surface area contributed by atoms with Crippen molar-refractivity contribution in [2.45, 2.75) is 38.3 Å². The SMILES string of the molecule is NCc1nc(C(=O)NCC2CCCCC2O)cs1. The largest absolute Gasteiger partial charge is 0.393 e. The zero-order valence-corrected chi connectivity index (χ0v) is 11.1. The predicted molar refractivity (Wildman–Crippen MR) is 70.3 cm³/mol. The minimum absolute atomic E-state index is 0.176. The Labute approximate surface area is 110 Å². The van der Waals surface area contributed by atoms with Gasteiger partial charge in [-0.15, -0.1) is 11.3 Å². The van der Waals surface area contributed by atoms with E-state index < -0.39 is 0 Å². The van der Waals surface area contributed by atoms with Crippen molar-refractivity contribution in [1.82, 2.24) is 10.3 Å². The number of nitrogens with two attached hydrogens (primary N) is 1. The molecule has 2 unspecified atom stereocenters. The van der Waals surface area contributed by atoms with E-state index in [1.807, 2.05) is 0 Å². The van der Waals surface area contributed by atoms with Crippen molar-refractivity contribution in [3.05, 3.63) is 16.1 Å². The van der Waals surface area contributed by atoms with Crippen LogP contribution in [0.2, 0.25) is 0 Å². The number of aliphatic hydroxyl groups is 1. The lowest BCUT2D eigenvalue weighted by Crippen LogP contribution is -2.36. The number of nitrogens with zero attached hydrogens (tertiary/aromatic N) is 1. The lowest BCUT2D eigenvalue weighted by Gasteiger charge is -2.27. The third-order valence-corrected chi connectivity index (χ3v) is 4.22. The van der Waals surface area contributed by atoms with Crippen molar-refractivity contribution in [3.63, 3.8) is 0 Å². The number of aromatic nitrogens is 1. The Morgan fingerprint density at radius 3 is 3.00 bits per heavy atom. The van der Waals surface area contributed by atoms with E-state index in [9.17, 15) is 9.90 Å². The summed E-state index contributed by atoms with van der Waals surface area (Å²) in [6.45, 7) is 0.884. The van der Waals surface area contributed by atoms with Crippen LogP contribution in [0.25, 0.3) is 0 Å². The van der Waals surface area contributed by atoms with Gasteiger partial charge in [0.05, 0.1) is 6.10 Å². The lowest BCUT2D eigenvalue weighted by molar-refractivity contribution is 0.0662. The Hall–Kier alpha value is -0.980. The quantitative estimate of drug-likeness (QED) is 0.757. The van der Waals surface area contributed by atoms with E-state index in [0.29, 0.717) is 18.8 Å². The molecule has 18 heavy (non-hydrogen) atoms. The van der Waals surface area contributed by atoms with Gasteiger partial charge < -0.3 is 16.2 Å². The smallest absolute Gasteiger partial charge is 0.270 e. The number of carbonyl (C=O) groups is 1. The second-order valence-corrected chi connectivity index (χ2v) is 5.60. The summed E-state index contributed by atoms with van der Waals surface area (Å²) < 4.78 is 0. The van der Waals surface area contributed by atoms with Gasteiger partial charge in [0.1, 0.15) is 10.7 Å². The second-order valence-electron chi connectivity index (χ2n) is 4.65. The van der Waals surface area contributed by atoms with Gasteiger partial charge in [-0.2, -0.15) is 0 Å². The highest BCUT2D eigenvalue weighted by atomic mass is 32.1. The van der Waals surface area contributed by atoms with E-state index in [1.165, 1.54) is 11.3 Å². The van der Waals surface area contributed by atoms with Crippen molar-refractivity contribution in [1.29, 1.82) is 0 Å². The summed E-state index contributed by atoms with van der Waals surface area (Å²) in [5.41, 5.74) is 5.88. The lowest BCUT2D eigenvalue weighted by atomic mass is 9.86. The van der Waals surface area contributed by atoms with Crippen LogP contribution in [0.4, 0.5) is 0 Å². The standard InChI is InChI=1S/C12H19N3O2S/c13-5-11-15-9(7-18-11)12(17)14-6-8-3-1-2-4-10(8)16/h7-8,10,16H,1-6,13H2,(H,14,17). The van der Waals surface area contributed by atoms with Gasteiger partial charge >= 0.3 is 0 Å². The molecule has 0 bridgehead atoms. The Morgan fingerprint density at radius 1 is 1.56 bits per heavy atom. The first-order chi connectivity index (χ1) is 8.70. The third-order valence-electron chi connectivity index (χ3n) is 3.35. The maximum absolute atomic E-state index is 11.8. The van der Waals surface area contributed by atoms with Gasteiger partial charge in [0.2, 0.25) is 0 Å². The molecule has 1 aliphatic rings. The second kappa shape index (κ2) is 6.26. The molecule has 0 aliphatic heterocycles. The van der Waals surface area contributed by atoms with Crippen LogP contribution < -0.4 is 11.1 Å². The molecule has 4 N–H and O–H groups in total. The van der Waals surface area contributed by atoms with Crippen molar-refractivity contribution in [2.75, 3.05) is 6.54 Å². The van der Waals surface area contributed by atoms with Crippen LogP contribution in [0.5, 0.6) is 0 Å². The molecule has 1 fully saturated rings. The van der Waals surface area contributed by atoms with Gasteiger partial charge in [-0.25, -0.2) is 4.98 Å². The predicted octanol–water partition coefficient (Wildman–Crippen LogP) is 0.883. The Bertz CT molecular complexity index is 408. The highest BCUT2D eigenvalue weighted by Crippen LogP contribution is 2.23. The summed E-state index contributed by atoms with van der Waals surface area (Å²) in [5, 5.41) is 15.1. The monoisotopic (exact) mass is 269 g/mol. The van der Waals surface area contributed by atoms with E-state index in [4.69, 9.17) is 5.73 Å². The molecular formula is C12H19N3O2S. The van der Waals surface area contributed by atoms with Crippen LogP contribution >= 0.6 is 11.3 Å². The molecular weight excluding hydrogens is 250 g/mol. The fourth-order valence-electron chi connectivity index (χ4n) is 2.25. The van der Waals surface area contributed by atoms with Crippen LogP contribution in [-0.2, 0) is 6.54 Å². The van der Waals surface area contributed by atoms with Gasteiger partial charge in [-0.3, -0.25) is 4.79 Å². The Morgan fingerprint density at radius 2 is 2.33 bits per heavy atom. The first kappa shape index (κ1) is 13.5. The van der Waals surface area contributed by atoms with E-state index in [2.05, 4.69) is 10.3 Å². The average Bonchev–Trinajstić information content (AvgIpc) is 2.86. The molecule has 1 aromatic rings. The number of carbonyl (C=O) groups excluding carboxylic acids is 1. The number of nitrogens with one attached hydrogen (secondary N) is 1. The molecule has 2 atom stereocenters. The minimum atomic E-state index is -0.283. The molecule has 5 nitrogen and oxygen atoms in total. The highest BCUT2D eigenvalue weighted by molar-refractivity contribution is 7.09. The fraction of sp³-hybridized carbons (Fsp3) is 0.667. The molecule has 0 spiro atoms. The zero-order chi connectivity index (χ0) is 13.0. The average molecular weight is 269 g/mol. The van der Waals surface area contributed by atoms with Gasteiger partial charge in [0.15, 0.2) is 0 Å². The topological polar surface area (TPSA) is 88.2 Å². The molecule has 1 heterocycles. The van der Waals surface area contributed by atoms with Crippen molar-refractivity contribution >= 4 is 17.2 Å². The Balaban J connectivity index is 1.84. The summed E-state index contributed by atoms with van der Waals surface area (Å²) in [7, 11) is 0. The summed E-state index contributed by atoms with van der Waals surface area (Å²) in [6, 6.07) is 0. The van der Waals surface area contributed by atoms with E-state index in [1.54, 1.807) is 5.38 Å². The zero-order valence-electron chi connectivity index (χ0n) is 10.3. The van der Waals surface area contributed by atoms with Gasteiger partial charge in [-0.05, 0) is 12.8 Å². The summed E-state index contributed by atoms with van der Waals surface area (Å²) >= 11 is 1.39. The Kier molecular flexibility index (Phi) is 4.68. The van der Waals surface area contributed by atoms with Gasteiger partial charge in [-0.1, -0.05) is 12.8 Å². The van der Waals surface area contributed by atoms with Crippen LogP contribution in [0.1, 0.15) is 41.2 Å². The van der Waals surface area contributed by atoms with Crippen molar-refractivity contribution < 1.29 is 9.90 Å². The summed E-state index contributed by atoms with van der Waals surface area (Å²) in [5.74, 6) is -0.000891. The molecule has 1 aromatic heterocycles. The molecule has 0 aromatic carbocycles. The maximum atomic E-state index is 11.8. The number of aliphatic hydroxyl groups excluding tert-OH is 1. The highest BCUT2D eigenvalue weighted by Gasteiger charge is 2.23. The summed E-state index contributed by atoms with van der Waals surface area (Å²) in [6.07, 6.45) is 3.75. The van der Waals surface area contributed by atoms with Crippen LogP contribution in [0.3, 0.4) is 0 Å². The number of amides is 1. The molecule has 2 rings (SSSR count). The molecule has 1 aliphatic carbocycles. The number of thiazole rings is 1. The van der Waals surface area contributed by atoms with E-state index in [0.717, 1.165) is 30.7 Å². The molecule has 1 saturated carbocycles. The number of rotatable bonds is 4. The normalized spacial score (nSPS) is 23.9. The third kappa shape index (κ3) is 3.28. The molecule has 100 valence electrons. The van der Waals surface area contributed by atoms with Crippen molar-refractivity contribution in [3.8, 4) is 0 Å². The van der Waals surface area contributed by atoms with Gasteiger partial charge in [0, 0.05) is 24.4 Å². The van der Waals surface area contributed by atoms with Crippen molar-refractivity contribution in [2.24, 2.45) is 11.7 Å². The number of hydrogen-bond donors (Lipinski definition) is 3. The van der Waals surface area contributed by atoms with Crippen LogP contribution in [0, 0.1) is 5.92 Å². The fourth-order valence-corrected chi connectivity index (χ4v) is 2.90. The van der Waals surface area contributed by atoms with E-state index >= 15 is 0 Å². The first-order valence-electron chi connectivity index (χ1n) is 6.31. The van der Waals surface area contributed by atoms with Crippen LogP contribution in [-0.4, -0.2) is 28.6 Å². The number of hydrogen-bond acceptors (Lipinski definition) is 5. The molecule has 0 saturated heterocycles. The summed E-state index contributed by atoms with van der Waals surface area (Å²) in [4.78, 5) is 16.0. The minimum Gasteiger partial charge on any atom is -0.393 e. The maximum Gasteiger partial charge on any atom is 0.270 e. The van der Waals surface area contributed by atoms with E-state index in [-0.39, 0.29) is 17.9 Å². The van der Waals surface area contributed by atoms with Gasteiger partial charge in [0.25, 0.3) is 5.91 Å². The molecule has 0 radical (unpaired) electrons. The first-order valence-corrected chi connectivity index (χ1v) is 7.19.